The first-order valence-corrected chi connectivity index (χ1v) is 9.91. The van der Waals surface area contributed by atoms with E-state index in [-0.39, 0.29) is 18.4 Å². The van der Waals surface area contributed by atoms with Crippen molar-refractivity contribution in [3.63, 3.8) is 0 Å². The molecule has 0 saturated carbocycles. The van der Waals surface area contributed by atoms with Crippen LogP contribution in [0.25, 0.3) is 0 Å². The molecule has 0 aliphatic carbocycles. The van der Waals surface area contributed by atoms with Gasteiger partial charge in [0.05, 0.1) is 12.1 Å². The van der Waals surface area contributed by atoms with E-state index in [4.69, 9.17) is 5.73 Å². The van der Waals surface area contributed by atoms with Gasteiger partial charge < -0.3 is 21.3 Å². The second kappa shape index (κ2) is 9.34. The van der Waals surface area contributed by atoms with Crippen LogP contribution in [0.15, 0.2) is 58.4 Å². The van der Waals surface area contributed by atoms with E-state index in [9.17, 15) is 9.59 Å². The summed E-state index contributed by atoms with van der Waals surface area (Å²) in [5, 5.41) is 10.2. The Morgan fingerprint density at radius 1 is 1.19 bits per heavy atom. The van der Waals surface area contributed by atoms with Crippen LogP contribution < -0.4 is 16.4 Å². The molecule has 0 bridgehead atoms. The lowest BCUT2D eigenvalue weighted by Gasteiger charge is -2.29. The van der Waals surface area contributed by atoms with Gasteiger partial charge in [-0.2, -0.15) is 11.3 Å². The monoisotopic (exact) mass is 384 g/mol. The average Bonchev–Trinajstić information content (AvgIpc) is 3.19. The summed E-state index contributed by atoms with van der Waals surface area (Å²) in [6, 6.07) is 11.3. The van der Waals surface area contributed by atoms with Crippen molar-refractivity contribution in [1.29, 1.82) is 0 Å². The van der Waals surface area contributed by atoms with E-state index in [1.165, 1.54) is 5.56 Å². The SMILES string of the molecule is NC1=C(C(=O)Nc2ccccc2)CN(C(=O)CCNCc2ccsc2)CC1. The predicted octanol–water partition coefficient (Wildman–Crippen LogP) is 2.31. The van der Waals surface area contributed by atoms with Crippen LogP contribution in [0.1, 0.15) is 18.4 Å². The zero-order valence-corrected chi connectivity index (χ0v) is 15.9. The van der Waals surface area contributed by atoms with Crippen LogP contribution in [0.2, 0.25) is 0 Å². The van der Waals surface area contributed by atoms with Crippen molar-refractivity contribution < 1.29 is 9.59 Å². The molecule has 0 saturated heterocycles. The van der Waals surface area contributed by atoms with Crippen LogP contribution in [0.4, 0.5) is 5.69 Å². The molecule has 142 valence electrons. The quantitative estimate of drug-likeness (QED) is 0.639. The molecule has 1 aliphatic heterocycles. The molecule has 2 heterocycles. The van der Waals surface area contributed by atoms with Crippen LogP contribution in [0.3, 0.4) is 0 Å². The number of nitrogens with two attached hydrogens (primary N) is 1. The topological polar surface area (TPSA) is 87.5 Å². The number of amides is 2. The standard InChI is InChI=1S/C20H24N4O2S/c21-18-7-10-24(19(25)6-9-22-12-15-8-11-27-14-15)13-17(18)20(26)23-16-4-2-1-3-5-16/h1-5,8,11,14,22H,6-7,9-10,12-13,21H2,(H,23,26). The highest BCUT2D eigenvalue weighted by atomic mass is 32.1. The summed E-state index contributed by atoms with van der Waals surface area (Å²) in [7, 11) is 0. The van der Waals surface area contributed by atoms with Gasteiger partial charge in [0.1, 0.15) is 0 Å². The maximum atomic E-state index is 12.5. The number of thiophene rings is 1. The van der Waals surface area contributed by atoms with Crippen LogP contribution in [-0.2, 0) is 16.1 Å². The number of benzene rings is 1. The molecule has 4 N–H and O–H groups in total. The van der Waals surface area contributed by atoms with Crippen molar-refractivity contribution >= 4 is 28.8 Å². The molecule has 7 heteroatoms. The van der Waals surface area contributed by atoms with Gasteiger partial charge >= 0.3 is 0 Å². The number of nitrogens with one attached hydrogen (secondary N) is 2. The predicted molar refractivity (Wildman–Crippen MR) is 108 cm³/mol. The first-order valence-electron chi connectivity index (χ1n) is 8.97. The molecule has 1 aromatic heterocycles. The maximum absolute atomic E-state index is 12.5. The number of hydrogen-bond acceptors (Lipinski definition) is 5. The van der Waals surface area contributed by atoms with E-state index in [2.05, 4.69) is 22.1 Å². The van der Waals surface area contributed by atoms with Crippen molar-refractivity contribution in [1.82, 2.24) is 10.2 Å². The summed E-state index contributed by atoms with van der Waals surface area (Å²) in [5.74, 6) is -0.211. The van der Waals surface area contributed by atoms with Gasteiger partial charge in [-0.05, 0) is 34.5 Å². The first kappa shape index (κ1) is 19.1. The second-order valence-corrected chi connectivity index (χ2v) is 7.23. The van der Waals surface area contributed by atoms with Crippen LogP contribution in [0.5, 0.6) is 0 Å². The van der Waals surface area contributed by atoms with Gasteiger partial charge in [0.15, 0.2) is 0 Å². The normalized spacial score (nSPS) is 14.3. The minimum Gasteiger partial charge on any atom is -0.402 e. The smallest absolute Gasteiger partial charge is 0.255 e. The lowest BCUT2D eigenvalue weighted by Crippen LogP contribution is -2.42. The van der Waals surface area contributed by atoms with Crippen molar-refractivity contribution in [2.45, 2.75) is 19.4 Å². The number of carbonyl (C=O) groups is 2. The number of carbonyl (C=O) groups excluding carboxylic acids is 2. The van der Waals surface area contributed by atoms with Gasteiger partial charge in [0.25, 0.3) is 5.91 Å². The molecule has 2 amide bonds. The van der Waals surface area contributed by atoms with E-state index < -0.39 is 0 Å². The third-order valence-electron chi connectivity index (χ3n) is 4.47. The first-order chi connectivity index (χ1) is 13.1. The van der Waals surface area contributed by atoms with Gasteiger partial charge in [0.2, 0.25) is 5.91 Å². The van der Waals surface area contributed by atoms with Gasteiger partial charge in [-0.1, -0.05) is 18.2 Å². The Bertz CT molecular complexity index is 803. The fraction of sp³-hybridized carbons (Fsp3) is 0.300. The van der Waals surface area contributed by atoms with Crippen molar-refractivity contribution in [3.05, 3.63) is 64.0 Å². The Kier molecular flexibility index (Phi) is 6.62. The van der Waals surface area contributed by atoms with Gasteiger partial charge in [-0.25, -0.2) is 0 Å². The molecule has 0 radical (unpaired) electrons. The van der Waals surface area contributed by atoms with Crippen molar-refractivity contribution in [2.75, 3.05) is 25.0 Å². The second-order valence-electron chi connectivity index (χ2n) is 6.45. The Morgan fingerprint density at radius 3 is 2.74 bits per heavy atom. The maximum Gasteiger partial charge on any atom is 0.255 e. The molecule has 1 aliphatic rings. The summed E-state index contributed by atoms with van der Waals surface area (Å²) >= 11 is 1.66. The molecular formula is C20H24N4O2S. The van der Waals surface area contributed by atoms with E-state index in [1.54, 1.807) is 16.2 Å². The van der Waals surface area contributed by atoms with E-state index >= 15 is 0 Å². The summed E-state index contributed by atoms with van der Waals surface area (Å²) < 4.78 is 0. The zero-order valence-electron chi connectivity index (χ0n) is 15.1. The van der Waals surface area contributed by atoms with Crippen molar-refractivity contribution in [3.8, 4) is 0 Å². The highest BCUT2D eigenvalue weighted by molar-refractivity contribution is 7.07. The van der Waals surface area contributed by atoms with Crippen LogP contribution in [-0.4, -0.2) is 36.3 Å². The fourth-order valence-corrected chi connectivity index (χ4v) is 3.58. The minimum absolute atomic E-state index is 0.0327. The highest BCUT2D eigenvalue weighted by Gasteiger charge is 2.25. The molecule has 2 aromatic rings. The molecule has 0 fully saturated rings. The van der Waals surface area contributed by atoms with E-state index in [0.717, 1.165) is 6.54 Å². The molecule has 0 atom stereocenters. The molecule has 3 rings (SSSR count). The number of rotatable bonds is 7. The molecule has 27 heavy (non-hydrogen) atoms. The molecule has 6 nitrogen and oxygen atoms in total. The fourth-order valence-electron chi connectivity index (χ4n) is 2.92. The summed E-state index contributed by atoms with van der Waals surface area (Å²) in [6.07, 6.45) is 0.920. The Hall–Kier alpha value is -2.64. The van der Waals surface area contributed by atoms with E-state index in [0.29, 0.717) is 42.9 Å². The number of para-hydroxylation sites is 1. The lowest BCUT2D eigenvalue weighted by atomic mass is 10.0. The minimum atomic E-state index is -0.244. The average molecular weight is 385 g/mol. The van der Waals surface area contributed by atoms with Gasteiger partial charge in [-0.3, -0.25) is 9.59 Å². The summed E-state index contributed by atoms with van der Waals surface area (Å²) in [6.45, 7) is 2.18. The van der Waals surface area contributed by atoms with Gasteiger partial charge in [-0.15, -0.1) is 0 Å². The Balaban J connectivity index is 1.49. The largest absolute Gasteiger partial charge is 0.402 e. The number of anilines is 1. The number of hydrogen-bond donors (Lipinski definition) is 3. The lowest BCUT2D eigenvalue weighted by molar-refractivity contribution is -0.131. The molecular weight excluding hydrogens is 360 g/mol. The number of nitrogens with zero attached hydrogens (tertiary/aromatic N) is 1. The van der Waals surface area contributed by atoms with E-state index in [1.807, 2.05) is 35.7 Å². The zero-order chi connectivity index (χ0) is 19.1. The molecule has 0 unspecified atom stereocenters. The third-order valence-corrected chi connectivity index (χ3v) is 5.20. The molecule has 1 aromatic carbocycles. The third kappa shape index (κ3) is 5.42. The van der Waals surface area contributed by atoms with Gasteiger partial charge in [0, 0.05) is 43.9 Å². The van der Waals surface area contributed by atoms with Crippen LogP contribution in [0, 0.1) is 0 Å². The Morgan fingerprint density at radius 2 is 2.00 bits per heavy atom. The van der Waals surface area contributed by atoms with Crippen molar-refractivity contribution in [2.24, 2.45) is 5.73 Å². The summed E-state index contributed by atoms with van der Waals surface area (Å²) in [5.41, 5.74) is 9.01. The summed E-state index contributed by atoms with van der Waals surface area (Å²) in [4.78, 5) is 26.7. The van der Waals surface area contributed by atoms with Crippen LogP contribution >= 0.6 is 11.3 Å². The Labute approximate surface area is 163 Å². The highest BCUT2D eigenvalue weighted by Crippen LogP contribution is 2.17. The molecule has 0 spiro atoms.